The molecule has 0 atom stereocenters. The summed E-state index contributed by atoms with van der Waals surface area (Å²) >= 11 is 0. The monoisotopic (exact) mass is 445 g/mol. The van der Waals surface area contributed by atoms with E-state index in [1.54, 1.807) is 0 Å². The van der Waals surface area contributed by atoms with Gasteiger partial charge in [-0.05, 0) is 93.0 Å². The molecule has 162 valence electrons. The Hall–Kier alpha value is -5.12. The second-order valence-corrected chi connectivity index (χ2v) is 8.58. The molecule has 0 bridgehead atoms. The molecule has 0 aliphatic heterocycles. The molecule has 0 radical (unpaired) electrons. The van der Waals surface area contributed by atoms with Crippen LogP contribution < -0.4 is 4.90 Å². The second-order valence-electron chi connectivity index (χ2n) is 8.58. The van der Waals surface area contributed by atoms with Gasteiger partial charge < -0.3 is 4.90 Å². The van der Waals surface area contributed by atoms with Crippen molar-refractivity contribution in [3.63, 3.8) is 0 Å². The molecule has 0 aliphatic rings. The summed E-state index contributed by atoms with van der Waals surface area (Å²) in [5, 5.41) is 25.1. The van der Waals surface area contributed by atoms with Crippen LogP contribution in [0.1, 0.15) is 11.1 Å². The topological polar surface area (TPSA) is 50.8 Å². The molecule has 0 saturated heterocycles. The summed E-state index contributed by atoms with van der Waals surface area (Å²) in [5.41, 5.74) is 4.44. The van der Waals surface area contributed by atoms with Crippen molar-refractivity contribution in [1.82, 2.24) is 0 Å². The van der Waals surface area contributed by atoms with E-state index in [1.807, 2.05) is 36.4 Å². The summed E-state index contributed by atoms with van der Waals surface area (Å²) < 4.78 is 0. The molecule has 6 aromatic rings. The molecule has 0 amide bonds. The van der Waals surface area contributed by atoms with Crippen LogP contribution in [0.3, 0.4) is 0 Å². The third-order valence-corrected chi connectivity index (χ3v) is 6.41. The smallest absolute Gasteiger partial charge is 0.0991 e. The Morgan fingerprint density at radius 1 is 0.400 bits per heavy atom. The normalized spacial score (nSPS) is 10.8. The van der Waals surface area contributed by atoms with E-state index in [2.05, 4.69) is 95.9 Å². The van der Waals surface area contributed by atoms with Crippen LogP contribution in [0.25, 0.3) is 32.3 Å². The van der Waals surface area contributed by atoms with Crippen LogP contribution >= 0.6 is 0 Å². The van der Waals surface area contributed by atoms with Gasteiger partial charge in [0.1, 0.15) is 0 Å². The number of benzene rings is 6. The molecule has 0 saturated carbocycles. The van der Waals surface area contributed by atoms with Gasteiger partial charge >= 0.3 is 0 Å². The molecule has 0 fully saturated rings. The zero-order valence-electron chi connectivity index (χ0n) is 18.8. The van der Waals surface area contributed by atoms with Gasteiger partial charge in [0.05, 0.1) is 23.3 Å². The minimum atomic E-state index is 0.655. The molecular formula is C32H19N3. The van der Waals surface area contributed by atoms with Crippen LogP contribution in [0.5, 0.6) is 0 Å². The van der Waals surface area contributed by atoms with E-state index >= 15 is 0 Å². The predicted octanol–water partition coefficient (Wildman–Crippen LogP) is 8.36. The summed E-state index contributed by atoms with van der Waals surface area (Å²) in [4.78, 5) is 2.25. The first-order valence-corrected chi connectivity index (χ1v) is 11.4. The van der Waals surface area contributed by atoms with E-state index < -0.39 is 0 Å². The van der Waals surface area contributed by atoms with Gasteiger partial charge in [0.2, 0.25) is 0 Å². The zero-order valence-corrected chi connectivity index (χ0v) is 18.8. The lowest BCUT2D eigenvalue weighted by Crippen LogP contribution is -2.10. The van der Waals surface area contributed by atoms with E-state index in [-0.39, 0.29) is 0 Å². The van der Waals surface area contributed by atoms with Crippen LogP contribution in [-0.4, -0.2) is 0 Å². The van der Waals surface area contributed by atoms with E-state index in [4.69, 9.17) is 0 Å². The molecule has 0 aromatic heterocycles. The standard InChI is InChI=1S/C32H19N3/c33-20-22-5-7-28-18-31(13-10-26(28)15-22)35(30-12-9-24-3-1-2-4-25(24)17-30)32-14-11-27-16-23(21-34)6-8-29(27)19-32/h1-19H. The van der Waals surface area contributed by atoms with Crippen molar-refractivity contribution in [2.45, 2.75) is 0 Å². The highest BCUT2D eigenvalue weighted by Gasteiger charge is 2.14. The number of nitriles is 2. The molecular weight excluding hydrogens is 426 g/mol. The second kappa shape index (κ2) is 8.34. The van der Waals surface area contributed by atoms with Gasteiger partial charge in [0.15, 0.2) is 0 Å². The molecule has 0 N–H and O–H groups in total. The van der Waals surface area contributed by atoms with E-state index in [1.165, 1.54) is 10.8 Å². The molecule has 35 heavy (non-hydrogen) atoms. The van der Waals surface area contributed by atoms with Gasteiger partial charge in [0, 0.05) is 17.1 Å². The average Bonchev–Trinajstić information content (AvgIpc) is 2.92. The Morgan fingerprint density at radius 3 is 1.26 bits per heavy atom. The fraction of sp³-hybridized carbons (Fsp3) is 0. The minimum Gasteiger partial charge on any atom is -0.310 e. The molecule has 0 aliphatic carbocycles. The fourth-order valence-electron chi connectivity index (χ4n) is 4.65. The summed E-state index contributed by atoms with van der Waals surface area (Å²) in [5.74, 6) is 0. The van der Waals surface area contributed by atoms with Crippen molar-refractivity contribution in [2.24, 2.45) is 0 Å². The van der Waals surface area contributed by atoms with Gasteiger partial charge in [-0.2, -0.15) is 10.5 Å². The molecule has 3 heteroatoms. The molecule has 0 heterocycles. The highest BCUT2D eigenvalue weighted by molar-refractivity contribution is 5.95. The van der Waals surface area contributed by atoms with Crippen molar-refractivity contribution >= 4 is 49.4 Å². The van der Waals surface area contributed by atoms with Gasteiger partial charge in [-0.3, -0.25) is 0 Å². The lowest BCUT2D eigenvalue weighted by atomic mass is 10.0. The maximum Gasteiger partial charge on any atom is 0.0991 e. The van der Waals surface area contributed by atoms with Crippen LogP contribution in [0, 0.1) is 22.7 Å². The van der Waals surface area contributed by atoms with Crippen molar-refractivity contribution < 1.29 is 0 Å². The third-order valence-electron chi connectivity index (χ3n) is 6.41. The van der Waals surface area contributed by atoms with E-state index in [9.17, 15) is 10.5 Å². The highest BCUT2D eigenvalue weighted by atomic mass is 15.1. The van der Waals surface area contributed by atoms with Crippen molar-refractivity contribution in [3.8, 4) is 12.1 Å². The van der Waals surface area contributed by atoms with Gasteiger partial charge in [0.25, 0.3) is 0 Å². The molecule has 3 nitrogen and oxygen atoms in total. The lowest BCUT2D eigenvalue weighted by molar-refractivity contribution is 1.30. The Kier molecular flexibility index (Phi) is 4.88. The molecule has 6 rings (SSSR count). The Balaban J connectivity index is 1.56. The fourth-order valence-corrected chi connectivity index (χ4v) is 4.65. The maximum atomic E-state index is 9.27. The first kappa shape index (κ1) is 20.5. The summed E-state index contributed by atoms with van der Waals surface area (Å²) in [6, 6.07) is 43.5. The Bertz CT molecular complexity index is 1740. The molecule has 0 spiro atoms. The van der Waals surface area contributed by atoms with Crippen LogP contribution in [-0.2, 0) is 0 Å². The number of anilines is 3. The first-order chi connectivity index (χ1) is 17.2. The van der Waals surface area contributed by atoms with E-state index in [0.717, 1.165) is 38.6 Å². The number of hydrogen-bond donors (Lipinski definition) is 0. The van der Waals surface area contributed by atoms with Gasteiger partial charge in [-0.25, -0.2) is 0 Å². The number of fused-ring (bicyclic) bond motifs is 3. The number of rotatable bonds is 3. The summed E-state index contributed by atoms with van der Waals surface area (Å²) in [7, 11) is 0. The number of hydrogen-bond acceptors (Lipinski definition) is 3. The summed E-state index contributed by atoms with van der Waals surface area (Å²) in [6.45, 7) is 0. The van der Waals surface area contributed by atoms with Gasteiger partial charge in [-0.1, -0.05) is 54.6 Å². The molecule has 0 unspecified atom stereocenters. The van der Waals surface area contributed by atoms with E-state index in [0.29, 0.717) is 11.1 Å². The number of nitrogens with zero attached hydrogens (tertiary/aromatic N) is 3. The minimum absolute atomic E-state index is 0.655. The maximum absolute atomic E-state index is 9.27. The third kappa shape index (κ3) is 3.72. The quantitative estimate of drug-likeness (QED) is 0.275. The highest BCUT2D eigenvalue weighted by Crippen LogP contribution is 2.38. The van der Waals surface area contributed by atoms with Crippen molar-refractivity contribution in [1.29, 1.82) is 10.5 Å². The van der Waals surface area contributed by atoms with Crippen LogP contribution in [0.15, 0.2) is 115 Å². The van der Waals surface area contributed by atoms with Crippen molar-refractivity contribution in [2.75, 3.05) is 4.90 Å². The SMILES string of the molecule is N#Cc1ccc2cc(N(c3ccc4ccccc4c3)c3ccc4cc(C#N)ccc4c3)ccc2c1. The average molecular weight is 446 g/mol. The zero-order chi connectivity index (χ0) is 23.8. The van der Waals surface area contributed by atoms with Crippen LogP contribution in [0.4, 0.5) is 17.1 Å². The summed E-state index contributed by atoms with van der Waals surface area (Å²) in [6.07, 6.45) is 0. The first-order valence-electron chi connectivity index (χ1n) is 11.4. The Morgan fingerprint density at radius 2 is 0.771 bits per heavy atom. The predicted molar refractivity (Wildman–Crippen MR) is 143 cm³/mol. The largest absolute Gasteiger partial charge is 0.310 e. The lowest BCUT2D eigenvalue weighted by Gasteiger charge is -2.26. The Labute approximate surface area is 203 Å². The van der Waals surface area contributed by atoms with Gasteiger partial charge in [-0.15, -0.1) is 0 Å². The van der Waals surface area contributed by atoms with Crippen LogP contribution in [0.2, 0.25) is 0 Å². The molecule has 6 aromatic carbocycles. The van der Waals surface area contributed by atoms with Crippen molar-refractivity contribution in [3.05, 3.63) is 126 Å².